The molecule has 1 aromatic carbocycles. The van der Waals surface area contributed by atoms with Gasteiger partial charge >= 0.3 is 5.69 Å². The Morgan fingerprint density at radius 3 is 2.78 bits per heavy atom. The molecule has 3 N–H and O–H groups in total. The third-order valence-corrected chi connectivity index (χ3v) is 3.09. The Morgan fingerprint density at radius 1 is 1.33 bits per heavy atom. The number of imidazole rings is 1. The average molecular weight is 245 g/mol. The first-order valence-electron chi connectivity index (χ1n) is 6.19. The summed E-state index contributed by atoms with van der Waals surface area (Å²) in [4.78, 5) is 16.7. The van der Waals surface area contributed by atoms with Gasteiger partial charge in [0.25, 0.3) is 0 Å². The first-order valence-corrected chi connectivity index (χ1v) is 6.19. The molecular weight excluding hydrogens is 226 g/mol. The maximum atomic E-state index is 11.2. The van der Waals surface area contributed by atoms with Crippen LogP contribution in [0.2, 0.25) is 0 Å². The van der Waals surface area contributed by atoms with Crippen LogP contribution in [-0.4, -0.2) is 16.0 Å². The van der Waals surface area contributed by atoms with E-state index in [-0.39, 0.29) is 11.7 Å². The lowest BCUT2D eigenvalue weighted by Crippen LogP contribution is -2.28. The molecule has 2 aromatic rings. The Balaban J connectivity index is 2.19. The smallest absolute Gasteiger partial charge is 0.307 e. The van der Waals surface area contributed by atoms with E-state index in [2.05, 4.69) is 35.7 Å². The quantitative estimate of drug-likeness (QED) is 0.709. The Morgan fingerprint density at radius 2 is 2.06 bits per heavy atom. The second-order valence-electron chi connectivity index (χ2n) is 4.70. The highest BCUT2D eigenvalue weighted by Gasteiger charge is 2.09. The van der Waals surface area contributed by atoms with Crippen molar-refractivity contribution < 1.29 is 0 Å². The zero-order chi connectivity index (χ0) is 13.1. The Labute approximate surface area is 106 Å². The third-order valence-electron chi connectivity index (χ3n) is 3.09. The van der Waals surface area contributed by atoms with Gasteiger partial charge in [0.1, 0.15) is 0 Å². The van der Waals surface area contributed by atoms with Crippen LogP contribution in [-0.2, 0) is 0 Å². The van der Waals surface area contributed by atoms with Gasteiger partial charge in [0, 0.05) is 12.1 Å². The van der Waals surface area contributed by atoms with Crippen LogP contribution in [0, 0.1) is 0 Å². The summed E-state index contributed by atoms with van der Waals surface area (Å²) in [5.74, 6) is 0. The molecule has 0 radical (unpaired) electrons. The number of aromatic nitrogens is 2. The van der Waals surface area contributed by atoms with Crippen molar-refractivity contribution in [3.05, 3.63) is 46.9 Å². The van der Waals surface area contributed by atoms with Crippen LogP contribution >= 0.6 is 0 Å². The Hall–Kier alpha value is -1.81. The molecule has 0 aliphatic rings. The maximum Gasteiger partial charge on any atom is 0.323 e. The average Bonchev–Trinajstić information content (AvgIpc) is 2.68. The molecule has 1 aromatic heterocycles. The summed E-state index contributed by atoms with van der Waals surface area (Å²) >= 11 is 0. The van der Waals surface area contributed by atoms with Crippen molar-refractivity contribution in [2.75, 3.05) is 0 Å². The zero-order valence-corrected chi connectivity index (χ0v) is 10.8. The monoisotopic (exact) mass is 245 g/mol. The molecule has 0 saturated heterocycles. The van der Waals surface area contributed by atoms with E-state index < -0.39 is 0 Å². The third kappa shape index (κ3) is 2.71. The molecule has 0 spiro atoms. The fourth-order valence-corrected chi connectivity index (χ4v) is 2.16. The second kappa shape index (κ2) is 5.23. The van der Waals surface area contributed by atoms with Crippen molar-refractivity contribution in [3.8, 4) is 0 Å². The van der Waals surface area contributed by atoms with E-state index in [9.17, 15) is 4.79 Å². The molecule has 2 rings (SSSR count). The van der Waals surface area contributed by atoms with Gasteiger partial charge in [-0.1, -0.05) is 12.1 Å². The summed E-state index contributed by atoms with van der Waals surface area (Å²) in [6.45, 7) is 7.99. The molecule has 0 saturated carbocycles. The molecule has 4 nitrogen and oxygen atoms in total. The molecule has 0 fully saturated rings. The van der Waals surface area contributed by atoms with Crippen LogP contribution in [0.1, 0.15) is 31.9 Å². The van der Waals surface area contributed by atoms with Gasteiger partial charge in [0.2, 0.25) is 0 Å². The highest BCUT2D eigenvalue weighted by atomic mass is 16.1. The van der Waals surface area contributed by atoms with Gasteiger partial charge < -0.3 is 15.3 Å². The van der Waals surface area contributed by atoms with Gasteiger partial charge in [-0.15, -0.1) is 6.58 Å². The molecule has 0 amide bonds. The summed E-state index contributed by atoms with van der Waals surface area (Å²) in [7, 11) is 0. The molecule has 0 bridgehead atoms. The van der Waals surface area contributed by atoms with Crippen molar-refractivity contribution in [1.29, 1.82) is 0 Å². The Bertz CT molecular complexity index is 596. The number of H-pyrrole nitrogens is 2. The molecule has 0 aliphatic carbocycles. The van der Waals surface area contributed by atoms with Gasteiger partial charge in [-0.05, 0) is 38.0 Å². The van der Waals surface area contributed by atoms with Gasteiger partial charge in [0.15, 0.2) is 0 Å². The van der Waals surface area contributed by atoms with Crippen molar-refractivity contribution in [2.45, 2.75) is 32.4 Å². The van der Waals surface area contributed by atoms with Gasteiger partial charge in [0.05, 0.1) is 11.0 Å². The standard InChI is InChI=1S/C14H19N3O/c1-4-5-9(2)15-10(3)11-6-7-12-13(8-11)17-14(18)16-12/h4,6-10,15H,1,5H2,2-3H3,(H2,16,17,18). The normalized spacial score (nSPS) is 14.6. The molecule has 4 heteroatoms. The summed E-state index contributed by atoms with van der Waals surface area (Å²) in [6, 6.07) is 6.59. The number of fused-ring (bicyclic) bond motifs is 1. The van der Waals surface area contributed by atoms with Crippen molar-refractivity contribution in [3.63, 3.8) is 0 Å². The molecule has 2 atom stereocenters. The van der Waals surface area contributed by atoms with E-state index >= 15 is 0 Å². The summed E-state index contributed by atoms with van der Waals surface area (Å²) < 4.78 is 0. The number of aromatic amines is 2. The van der Waals surface area contributed by atoms with Crippen molar-refractivity contribution in [1.82, 2.24) is 15.3 Å². The number of benzene rings is 1. The number of rotatable bonds is 5. The van der Waals surface area contributed by atoms with Crippen LogP contribution < -0.4 is 11.0 Å². The fourth-order valence-electron chi connectivity index (χ4n) is 2.16. The minimum atomic E-state index is -0.164. The van der Waals surface area contributed by atoms with E-state index in [1.807, 2.05) is 24.3 Å². The van der Waals surface area contributed by atoms with E-state index in [1.54, 1.807) is 0 Å². The highest BCUT2D eigenvalue weighted by Crippen LogP contribution is 2.17. The lowest BCUT2D eigenvalue weighted by molar-refractivity contribution is 0.483. The first-order chi connectivity index (χ1) is 8.60. The van der Waals surface area contributed by atoms with Gasteiger partial charge in [-0.25, -0.2) is 4.79 Å². The van der Waals surface area contributed by atoms with E-state index in [1.165, 1.54) is 0 Å². The minimum absolute atomic E-state index is 0.164. The van der Waals surface area contributed by atoms with Crippen LogP contribution in [0.15, 0.2) is 35.6 Å². The maximum absolute atomic E-state index is 11.2. The lowest BCUT2D eigenvalue weighted by Gasteiger charge is -2.19. The van der Waals surface area contributed by atoms with Gasteiger partial charge in [-0.3, -0.25) is 0 Å². The summed E-state index contributed by atoms with van der Waals surface area (Å²) in [5, 5.41) is 3.50. The number of nitrogens with one attached hydrogen (secondary N) is 3. The fraction of sp³-hybridized carbons (Fsp3) is 0.357. The number of hydrogen-bond acceptors (Lipinski definition) is 2. The minimum Gasteiger partial charge on any atom is -0.307 e. The van der Waals surface area contributed by atoms with E-state index in [0.717, 1.165) is 23.0 Å². The predicted octanol–water partition coefficient (Wildman–Crippen LogP) is 2.47. The van der Waals surface area contributed by atoms with E-state index in [4.69, 9.17) is 0 Å². The van der Waals surface area contributed by atoms with Crippen molar-refractivity contribution >= 4 is 11.0 Å². The number of hydrogen-bond donors (Lipinski definition) is 3. The molecule has 0 aliphatic heterocycles. The molecule has 2 unspecified atom stereocenters. The van der Waals surface area contributed by atoms with Crippen molar-refractivity contribution in [2.24, 2.45) is 0 Å². The topological polar surface area (TPSA) is 60.7 Å². The molecular formula is C14H19N3O. The van der Waals surface area contributed by atoms with Gasteiger partial charge in [-0.2, -0.15) is 0 Å². The zero-order valence-electron chi connectivity index (χ0n) is 10.8. The van der Waals surface area contributed by atoms with E-state index in [0.29, 0.717) is 6.04 Å². The highest BCUT2D eigenvalue weighted by molar-refractivity contribution is 5.75. The second-order valence-corrected chi connectivity index (χ2v) is 4.70. The Kier molecular flexibility index (Phi) is 3.67. The first kappa shape index (κ1) is 12.6. The predicted molar refractivity (Wildman–Crippen MR) is 74.7 cm³/mol. The van der Waals surface area contributed by atoms with Crippen LogP contribution in [0.3, 0.4) is 0 Å². The molecule has 1 heterocycles. The SMILES string of the molecule is C=CCC(C)NC(C)c1ccc2[nH]c(=O)[nH]c2c1. The molecule has 18 heavy (non-hydrogen) atoms. The lowest BCUT2D eigenvalue weighted by atomic mass is 10.1. The summed E-state index contributed by atoms with van der Waals surface area (Å²) in [5.41, 5.74) is 2.69. The van der Waals surface area contributed by atoms with Crippen LogP contribution in [0.5, 0.6) is 0 Å². The molecule has 96 valence electrons. The summed E-state index contributed by atoms with van der Waals surface area (Å²) in [6.07, 6.45) is 2.85. The van der Waals surface area contributed by atoms with Crippen LogP contribution in [0.4, 0.5) is 0 Å². The largest absolute Gasteiger partial charge is 0.323 e. The van der Waals surface area contributed by atoms with Crippen LogP contribution in [0.25, 0.3) is 11.0 Å².